The fourth-order valence-corrected chi connectivity index (χ4v) is 1.26. The van der Waals surface area contributed by atoms with E-state index in [1.54, 1.807) is 0 Å². The Balaban J connectivity index is 2.37. The van der Waals surface area contributed by atoms with Crippen LogP contribution in [0.15, 0.2) is 0 Å². The zero-order chi connectivity index (χ0) is 6.20. The summed E-state index contributed by atoms with van der Waals surface area (Å²) in [5, 5.41) is 8.72. The summed E-state index contributed by atoms with van der Waals surface area (Å²) >= 11 is 0. The molecule has 8 heavy (non-hydrogen) atoms. The number of aliphatic hydroxyl groups is 1. The molecule has 1 atom stereocenters. The quantitative estimate of drug-likeness (QED) is 0.546. The second-order valence-corrected chi connectivity index (χ2v) is 3.41. The first-order valence-corrected chi connectivity index (χ1v) is 3.27. The third kappa shape index (κ3) is 0.752. The second-order valence-electron chi connectivity index (χ2n) is 3.41. The highest BCUT2D eigenvalue weighted by Gasteiger charge is 2.37. The maximum Gasteiger partial charge on any atom is 0.0464 e. The molecule has 0 saturated heterocycles. The van der Waals surface area contributed by atoms with Crippen molar-refractivity contribution in [2.45, 2.75) is 26.7 Å². The molecule has 0 bridgehead atoms. The summed E-state index contributed by atoms with van der Waals surface area (Å²) in [6.45, 7) is 4.82. The number of aliphatic hydroxyl groups excluding tert-OH is 1. The normalized spacial score (nSPS) is 34.1. The van der Waals surface area contributed by atoms with Crippen LogP contribution in [0.1, 0.15) is 26.7 Å². The third-order valence-electron chi connectivity index (χ3n) is 2.46. The summed E-state index contributed by atoms with van der Waals surface area (Å²) in [5.74, 6) is 0.586. The molecule has 0 heterocycles. The molecule has 0 aliphatic heterocycles. The van der Waals surface area contributed by atoms with E-state index in [2.05, 4.69) is 13.8 Å². The second kappa shape index (κ2) is 1.73. The van der Waals surface area contributed by atoms with Gasteiger partial charge in [0.15, 0.2) is 0 Å². The first kappa shape index (κ1) is 6.09. The SMILES string of the molecule is CC1(C)CC[C@@H]1CO. The van der Waals surface area contributed by atoms with Gasteiger partial charge in [-0.3, -0.25) is 0 Å². The van der Waals surface area contributed by atoms with Crippen molar-refractivity contribution in [3.05, 3.63) is 0 Å². The molecule has 0 unspecified atom stereocenters. The minimum absolute atomic E-state index is 0.382. The molecule has 0 aromatic carbocycles. The summed E-state index contributed by atoms with van der Waals surface area (Å²) < 4.78 is 0. The fraction of sp³-hybridized carbons (Fsp3) is 1.00. The van der Waals surface area contributed by atoms with Gasteiger partial charge in [0.2, 0.25) is 0 Å². The van der Waals surface area contributed by atoms with Crippen molar-refractivity contribution in [1.29, 1.82) is 0 Å². The Hall–Kier alpha value is -0.0400. The van der Waals surface area contributed by atoms with Crippen LogP contribution >= 0.6 is 0 Å². The van der Waals surface area contributed by atoms with Gasteiger partial charge >= 0.3 is 0 Å². The van der Waals surface area contributed by atoms with Crippen molar-refractivity contribution in [2.24, 2.45) is 11.3 Å². The van der Waals surface area contributed by atoms with E-state index in [0.717, 1.165) is 0 Å². The Labute approximate surface area is 50.7 Å². The molecule has 1 N–H and O–H groups in total. The van der Waals surface area contributed by atoms with Crippen molar-refractivity contribution in [3.8, 4) is 0 Å². The molecule has 0 radical (unpaired) electrons. The van der Waals surface area contributed by atoms with Crippen LogP contribution in [0.4, 0.5) is 0 Å². The van der Waals surface area contributed by atoms with Crippen LogP contribution in [0.5, 0.6) is 0 Å². The minimum atomic E-state index is 0.382. The fourth-order valence-electron chi connectivity index (χ4n) is 1.26. The van der Waals surface area contributed by atoms with E-state index in [4.69, 9.17) is 5.11 Å². The van der Waals surface area contributed by atoms with Gasteiger partial charge < -0.3 is 5.11 Å². The van der Waals surface area contributed by atoms with Gasteiger partial charge in [0.1, 0.15) is 0 Å². The van der Waals surface area contributed by atoms with Gasteiger partial charge in [-0.05, 0) is 24.2 Å². The smallest absolute Gasteiger partial charge is 0.0464 e. The lowest BCUT2D eigenvalue weighted by atomic mass is 9.63. The summed E-state index contributed by atoms with van der Waals surface area (Å²) in [4.78, 5) is 0. The van der Waals surface area contributed by atoms with Crippen LogP contribution in [0.2, 0.25) is 0 Å². The van der Waals surface area contributed by atoms with Crippen LogP contribution in [-0.4, -0.2) is 11.7 Å². The van der Waals surface area contributed by atoms with Gasteiger partial charge in [-0.1, -0.05) is 13.8 Å². The average Bonchev–Trinajstić information content (AvgIpc) is 1.66. The van der Waals surface area contributed by atoms with Crippen LogP contribution in [0, 0.1) is 11.3 Å². The number of hydrogen-bond acceptors (Lipinski definition) is 1. The van der Waals surface area contributed by atoms with Crippen LogP contribution in [0.25, 0.3) is 0 Å². The van der Waals surface area contributed by atoms with Crippen LogP contribution in [0.3, 0.4) is 0 Å². The highest BCUT2D eigenvalue weighted by Crippen LogP contribution is 2.45. The van der Waals surface area contributed by atoms with Crippen LogP contribution < -0.4 is 0 Å². The molecule has 0 amide bonds. The lowest BCUT2D eigenvalue weighted by molar-refractivity contribution is 0.0206. The van der Waals surface area contributed by atoms with Crippen molar-refractivity contribution in [2.75, 3.05) is 6.61 Å². The summed E-state index contributed by atoms with van der Waals surface area (Å²) in [6, 6.07) is 0. The van der Waals surface area contributed by atoms with Gasteiger partial charge in [-0.25, -0.2) is 0 Å². The lowest BCUT2D eigenvalue weighted by Gasteiger charge is -2.43. The Morgan fingerprint density at radius 2 is 2.25 bits per heavy atom. The van der Waals surface area contributed by atoms with E-state index >= 15 is 0 Å². The van der Waals surface area contributed by atoms with Crippen molar-refractivity contribution < 1.29 is 5.11 Å². The topological polar surface area (TPSA) is 20.2 Å². The van der Waals surface area contributed by atoms with E-state index in [9.17, 15) is 0 Å². The Morgan fingerprint density at radius 1 is 1.62 bits per heavy atom. The first-order chi connectivity index (χ1) is 3.67. The van der Waals surface area contributed by atoms with Gasteiger partial charge in [0.25, 0.3) is 0 Å². The molecule has 1 saturated carbocycles. The monoisotopic (exact) mass is 114 g/mol. The molecule has 1 aliphatic rings. The van der Waals surface area contributed by atoms with Gasteiger partial charge in [-0.2, -0.15) is 0 Å². The largest absolute Gasteiger partial charge is 0.396 e. The predicted molar refractivity (Wildman–Crippen MR) is 33.6 cm³/mol. The molecule has 48 valence electrons. The summed E-state index contributed by atoms with van der Waals surface area (Å²) in [6.07, 6.45) is 2.52. The minimum Gasteiger partial charge on any atom is -0.396 e. The molecule has 1 rings (SSSR count). The summed E-state index contributed by atoms with van der Waals surface area (Å²) in [7, 11) is 0. The van der Waals surface area contributed by atoms with Gasteiger partial charge in [0, 0.05) is 6.61 Å². The van der Waals surface area contributed by atoms with E-state index < -0.39 is 0 Å². The van der Waals surface area contributed by atoms with E-state index in [-0.39, 0.29) is 0 Å². The molecule has 1 heteroatoms. The number of rotatable bonds is 1. The zero-order valence-electron chi connectivity index (χ0n) is 5.65. The predicted octanol–water partition coefficient (Wildman–Crippen LogP) is 1.41. The molecular weight excluding hydrogens is 100 g/mol. The third-order valence-corrected chi connectivity index (χ3v) is 2.46. The summed E-state index contributed by atoms with van der Waals surface area (Å²) in [5.41, 5.74) is 0.439. The molecule has 0 aromatic heterocycles. The average molecular weight is 114 g/mol. The molecule has 1 nitrogen and oxygen atoms in total. The van der Waals surface area contributed by atoms with Crippen molar-refractivity contribution in [1.82, 2.24) is 0 Å². The highest BCUT2D eigenvalue weighted by atomic mass is 16.3. The van der Waals surface area contributed by atoms with E-state index in [1.165, 1.54) is 12.8 Å². The Morgan fingerprint density at radius 3 is 2.25 bits per heavy atom. The van der Waals surface area contributed by atoms with Crippen molar-refractivity contribution in [3.63, 3.8) is 0 Å². The molecule has 1 fully saturated rings. The molecule has 0 aromatic rings. The zero-order valence-corrected chi connectivity index (χ0v) is 5.65. The Bertz CT molecular complexity index is 84.4. The maximum atomic E-state index is 8.72. The molecule has 0 spiro atoms. The maximum absolute atomic E-state index is 8.72. The molecular formula is C7H14O. The lowest BCUT2D eigenvalue weighted by Crippen LogP contribution is -2.36. The Kier molecular flexibility index (Phi) is 1.31. The first-order valence-electron chi connectivity index (χ1n) is 3.27. The standard InChI is InChI=1S/C7H14O/c1-7(2)4-3-6(7)5-8/h6,8H,3-5H2,1-2H3/t6-/m1/s1. The molecule has 1 aliphatic carbocycles. The van der Waals surface area contributed by atoms with Crippen molar-refractivity contribution >= 4 is 0 Å². The van der Waals surface area contributed by atoms with Gasteiger partial charge in [0.05, 0.1) is 0 Å². The van der Waals surface area contributed by atoms with Crippen LogP contribution in [-0.2, 0) is 0 Å². The highest BCUT2D eigenvalue weighted by molar-refractivity contribution is 4.87. The van der Waals surface area contributed by atoms with E-state index in [0.29, 0.717) is 17.9 Å². The number of hydrogen-bond donors (Lipinski definition) is 1. The van der Waals surface area contributed by atoms with E-state index in [1.807, 2.05) is 0 Å². The van der Waals surface area contributed by atoms with Gasteiger partial charge in [-0.15, -0.1) is 0 Å².